The summed E-state index contributed by atoms with van der Waals surface area (Å²) >= 11 is 0. The predicted molar refractivity (Wildman–Crippen MR) is 134 cm³/mol. The van der Waals surface area contributed by atoms with Gasteiger partial charge in [0.15, 0.2) is 0 Å². The number of nitrogens with zero attached hydrogens (tertiary/aromatic N) is 5. The molecule has 8 heteroatoms. The van der Waals surface area contributed by atoms with Crippen LogP contribution in [0.4, 0.5) is 0 Å². The third-order valence-electron chi connectivity index (χ3n) is 7.59. The van der Waals surface area contributed by atoms with E-state index >= 15 is 0 Å². The summed E-state index contributed by atoms with van der Waals surface area (Å²) in [7, 11) is 0. The van der Waals surface area contributed by atoms with Crippen molar-refractivity contribution in [1.29, 1.82) is 0 Å². The second kappa shape index (κ2) is 10.5. The van der Waals surface area contributed by atoms with Gasteiger partial charge in [0.25, 0.3) is 5.91 Å². The molecule has 184 valence electrons. The predicted octanol–water partition coefficient (Wildman–Crippen LogP) is 3.64. The van der Waals surface area contributed by atoms with E-state index in [4.69, 9.17) is 0 Å². The molecule has 0 spiro atoms. The summed E-state index contributed by atoms with van der Waals surface area (Å²) in [5.41, 5.74) is 3.64. The maximum absolute atomic E-state index is 13.5. The summed E-state index contributed by atoms with van der Waals surface area (Å²) in [6, 6.07) is 6.50. The SMILES string of the molecule is CC(=O)N1CCC[C@H](Cc2nccnc2C(=O)N2CCC[C@H](Cc3ccc4[nH]ncc4c3)CC2)C1. The third-order valence-corrected chi connectivity index (χ3v) is 7.59. The van der Waals surface area contributed by atoms with Gasteiger partial charge in [0.1, 0.15) is 5.69 Å². The number of nitrogens with one attached hydrogen (secondary N) is 1. The van der Waals surface area contributed by atoms with Gasteiger partial charge in [0, 0.05) is 50.9 Å². The van der Waals surface area contributed by atoms with Crippen molar-refractivity contribution in [2.45, 2.75) is 51.9 Å². The number of aromatic amines is 1. The zero-order chi connectivity index (χ0) is 24.2. The number of piperidine rings is 1. The average Bonchev–Trinajstić information content (AvgIpc) is 3.21. The van der Waals surface area contributed by atoms with Crippen molar-refractivity contribution < 1.29 is 9.59 Å². The molecule has 0 aliphatic carbocycles. The first-order valence-corrected chi connectivity index (χ1v) is 12.8. The highest BCUT2D eigenvalue weighted by Gasteiger charge is 2.28. The molecule has 2 aliphatic heterocycles. The fourth-order valence-corrected chi connectivity index (χ4v) is 5.66. The lowest BCUT2D eigenvalue weighted by Crippen LogP contribution is -2.39. The lowest BCUT2D eigenvalue weighted by molar-refractivity contribution is -0.130. The molecule has 2 aromatic heterocycles. The van der Waals surface area contributed by atoms with E-state index in [0.29, 0.717) is 24.0 Å². The van der Waals surface area contributed by atoms with Crippen LogP contribution in [0.1, 0.15) is 60.8 Å². The molecule has 0 saturated carbocycles. The summed E-state index contributed by atoms with van der Waals surface area (Å²) in [4.78, 5) is 38.2. The van der Waals surface area contributed by atoms with Gasteiger partial charge >= 0.3 is 0 Å². The number of H-pyrrole nitrogens is 1. The average molecular weight is 475 g/mol. The molecule has 35 heavy (non-hydrogen) atoms. The van der Waals surface area contributed by atoms with Gasteiger partial charge in [-0.1, -0.05) is 6.07 Å². The molecule has 1 aromatic carbocycles. The number of benzene rings is 1. The Morgan fingerprint density at radius 1 is 0.971 bits per heavy atom. The molecular weight excluding hydrogens is 440 g/mol. The summed E-state index contributed by atoms with van der Waals surface area (Å²) < 4.78 is 0. The van der Waals surface area contributed by atoms with Crippen molar-refractivity contribution in [3.63, 3.8) is 0 Å². The number of amides is 2. The maximum Gasteiger partial charge on any atom is 0.274 e. The molecule has 2 amide bonds. The van der Waals surface area contributed by atoms with E-state index in [2.05, 4.69) is 38.4 Å². The number of carbonyl (C=O) groups excluding carboxylic acids is 2. The fraction of sp³-hybridized carbons (Fsp3) is 0.519. The van der Waals surface area contributed by atoms with E-state index in [9.17, 15) is 9.59 Å². The Balaban J connectivity index is 1.22. The number of aromatic nitrogens is 4. The third kappa shape index (κ3) is 5.52. The van der Waals surface area contributed by atoms with Crippen molar-refractivity contribution in [2.75, 3.05) is 26.2 Å². The van der Waals surface area contributed by atoms with Gasteiger partial charge in [0.2, 0.25) is 5.91 Å². The minimum atomic E-state index is -0.00667. The van der Waals surface area contributed by atoms with Crippen LogP contribution in [-0.2, 0) is 17.6 Å². The highest BCUT2D eigenvalue weighted by Crippen LogP contribution is 2.26. The lowest BCUT2D eigenvalue weighted by Gasteiger charge is -2.32. The van der Waals surface area contributed by atoms with Crippen LogP contribution >= 0.6 is 0 Å². The first kappa shape index (κ1) is 23.5. The molecule has 5 rings (SSSR count). The molecule has 8 nitrogen and oxygen atoms in total. The molecule has 0 bridgehead atoms. The zero-order valence-electron chi connectivity index (χ0n) is 20.4. The normalized spacial score (nSPS) is 21.2. The van der Waals surface area contributed by atoms with Crippen LogP contribution in [0, 0.1) is 11.8 Å². The fourth-order valence-electron chi connectivity index (χ4n) is 5.66. The maximum atomic E-state index is 13.5. The summed E-state index contributed by atoms with van der Waals surface area (Å²) in [6.07, 6.45) is 12.0. The van der Waals surface area contributed by atoms with E-state index in [1.807, 2.05) is 16.0 Å². The first-order chi connectivity index (χ1) is 17.1. The molecule has 2 atom stereocenters. The van der Waals surface area contributed by atoms with Crippen LogP contribution in [0.15, 0.2) is 36.8 Å². The standard InChI is InChI=1S/C27H34N6O2/c1-19(34)33-12-3-5-22(18-33)16-25-26(29-10-9-28-25)27(35)32-11-2-4-20(8-13-32)14-21-6-7-24-23(15-21)17-30-31-24/h6-7,9-10,15,17,20,22H,2-5,8,11-14,16,18H2,1H3,(H,30,31)/t20-,22+/m0/s1. The van der Waals surface area contributed by atoms with Crippen molar-refractivity contribution in [2.24, 2.45) is 11.8 Å². The largest absolute Gasteiger partial charge is 0.343 e. The van der Waals surface area contributed by atoms with Gasteiger partial charge in [0.05, 0.1) is 17.4 Å². The number of rotatable bonds is 5. The van der Waals surface area contributed by atoms with Crippen molar-refractivity contribution >= 4 is 22.7 Å². The van der Waals surface area contributed by atoms with Crippen molar-refractivity contribution in [3.05, 3.63) is 53.7 Å². The minimum absolute atomic E-state index is 0.00667. The Hall–Kier alpha value is -3.29. The van der Waals surface area contributed by atoms with E-state index in [-0.39, 0.29) is 11.8 Å². The van der Waals surface area contributed by atoms with Crippen molar-refractivity contribution in [3.8, 4) is 0 Å². The monoisotopic (exact) mass is 474 g/mol. The van der Waals surface area contributed by atoms with Gasteiger partial charge < -0.3 is 9.80 Å². The van der Waals surface area contributed by atoms with Crippen LogP contribution in [0.25, 0.3) is 10.9 Å². The van der Waals surface area contributed by atoms with Crippen LogP contribution in [0.5, 0.6) is 0 Å². The van der Waals surface area contributed by atoms with Crippen molar-refractivity contribution in [1.82, 2.24) is 30.0 Å². The zero-order valence-corrected chi connectivity index (χ0v) is 20.4. The molecule has 4 heterocycles. The van der Waals surface area contributed by atoms with E-state index in [1.165, 1.54) is 5.56 Å². The molecule has 1 N–H and O–H groups in total. The van der Waals surface area contributed by atoms with Gasteiger partial charge in [-0.15, -0.1) is 0 Å². The van der Waals surface area contributed by atoms with Gasteiger partial charge in [-0.2, -0.15) is 5.10 Å². The second-order valence-corrected chi connectivity index (χ2v) is 10.1. The van der Waals surface area contributed by atoms with E-state index in [1.54, 1.807) is 19.3 Å². The minimum Gasteiger partial charge on any atom is -0.343 e. The van der Waals surface area contributed by atoms with Crippen LogP contribution in [-0.4, -0.2) is 68.0 Å². The van der Waals surface area contributed by atoms with E-state index in [0.717, 1.165) is 81.3 Å². The number of carbonyl (C=O) groups is 2. The van der Waals surface area contributed by atoms with Crippen LogP contribution in [0.2, 0.25) is 0 Å². The number of hydrogen-bond donors (Lipinski definition) is 1. The topological polar surface area (TPSA) is 95.1 Å². The Kier molecular flexibility index (Phi) is 7.06. The molecule has 2 aliphatic rings. The molecule has 0 unspecified atom stereocenters. The number of likely N-dealkylation sites (tertiary alicyclic amines) is 2. The second-order valence-electron chi connectivity index (χ2n) is 10.1. The number of fused-ring (bicyclic) bond motifs is 1. The molecule has 3 aromatic rings. The first-order valence-electron chi connectivity index (χ1n) is 12.8. The molecule has 2 fully saturated rings. The summed E-state index contributed by atoms with van der Waals surface area (Å²) in [5, 5.41) is 8.27. The quantitative estimate of drug-likeness (QED) is 0.609. The van der Waals surface area contributed by atoms with Gasteiger partial charge in [-0.05, 0) is 74.5 Å². The highest BCUT2D eigenvalue weighted by molar-refractivity contribution is 5.93. The Bertz CT molecular complexity index is 1190. The Labute approximate surface area is 206 Å². The summed E-state index contributed by atoms with van der Waals surface area (Å²) in [6.45, 7) is 4.68. The van der Waals surface area contributed by atoms with E-state index < -0.39 is 0 Å². The molecular formula is C27H34N6O2. The lowest BCUT2D eigenvalue weighted by atomic mass is 9.92. The molecule has 2 saturated heterocycles. The Morgan fingerprint density at radius 2 is 1.77 bits per heavy atom. The summed E-state index contributed by atoms with van der Waals surface area (Å²) in [5.74, 6) is 0.983. The highest BCUT2D eigenvalue weighted by atomic mass is 16.2. The van der Waals surface area contributed by atoms with Crippen LogP contribution in [0.3, 0.4) is 0 Å². The van der Waals surface area contributed by atoms with Gasteiger partial charge in [-0.3, -0.25) is 19.7 Å². The van der Waals surface area contributed by atoms with Crippen LogP contribution < -0.4 is 0 Å². The van der Waals surface area contributed by atoms with Gasteiger partial charge in [-0.25, -0.2) is 4.98 Å². The molecule has 0 radical (unpaired) electrons. The smallest absolute Gasteiger partial charge is 0.274 e. The number of hydrogen-bond acceptors (Lipinski definition) is 5. The Morgan fingerprint density at radius 3 is 2.63 bits per heavy atom.